The van der Waals surface area contributed by atoms with Gasteiger partial charge in [0.2, 0.25) is 0 Å². The Morgan fingerprint density at radius 2 is 1.11 bits per heavy atom. The van der Waals surface area contributed by atoms with E-state index in [9.17, 15) is 0 Å². The normalized spacial score (nSPS) is 11.2. The van der Waals surface area contributed by atoms with Crippen molar-refractivity contribution in [3.63, 3.8) is 0 Å². The van der Waals surface area contributed by atoms with Gasteiger partial charge in [0.1, 0.15) is 0 Å². The van der Waals surface area contributed by atoms with Gasteiger partial charge in [-0.05, 0) is 105 Å². The van der Waals surface area contributed by atoms with Crippen molar-refractivity contribution in [3.8, 4) is 22.3 Å². The van der Waals surface area contributed by atoms with Gasteiger partial charge in [-0.3, -0.25) is 0 Å². The molecule has 2 nitrogen and oxygen atoms in total. The van der Waals surface area contributed by atoms with E-state index in [4.69, 9.17) is 9.97 Å². The fourth-order valence-corrected chi connectivity index (χ4v) is 5.57. The fraction of sp³-hybridized carbons (Fsp3) is 0.125. The monoisotopic (exact) mass is 630 g/mol. The molecule has 35 heavy (non-hydrogen) atoms. The van der Waals surface area contributed by atoms with Gasteiger partial charge in [-0.1, -0.05) is 66.2 Å². The van der Waals surface area contributed by atoms with E-state index in [1.165, 1.54) is 55.3 Å². The molecule has 1 radical (unpaired) electrons. The molecule has 0 saturated carbocycles. The molecule has 3 heteroatoms. The molecule has 2 aromatic heterocycles. The van der Waals surface area contributed by atoms with Gasteiger partial charge in [0.15, 0.2) is 0 Å². The van der Waals surface area contributed by atoms with Crippen molar-refractivity contribution in [2.75, 3.05) is 0 Å². The first-order chi connectivity index (χ1) is 16.6. The molecule has 0 amide bonds. The molecular formula is C32H25IrN2-. The molecular weight excluding hydrogens is 605 g/mol. The maximum absolute atomic E-state index is 4.91. The van der Waals surface area contributed by atoms with Crippen LogP contribution in [0.15, 0.2) is 79.1 Å². The van der Waals surface area contributed by atoms with Crippen LogP contribution in [0.25, 0.3) is 54.8 Å². The number of hydrogen-bond acceptors (Lipinski definition) is 2. The molecule has 4 aromatic carbocycles. The molecule has 0 aliphatic heterocycles. The predicted octanol–water partition coefficient (Wildman–Crippen LogP) is 8.30. The Bertz CT molecular complexity index is 1580. The van der Waals surface area contributed by atoms with Crippen molar-refractivity contribution in [1.29, 1.82) is 0 Å². The van der Waals surface area contributed by atoms with Crippen molar-refractivity contribution in [2.24, 2.45) is 0 Å². The number of aromatic nitrogens is 2. The Labute approximate surface area is 219 Å². The van der Waals surface area contributed by atoms with Crippen LogP contribution in [-0.2, 0) is 20.1 Å². The minimum Gasteiger partial charge on any atom is -0.352 e. The molecule has 2 heterocycles. The average Bonchev–Trinajstić information content (AvgIpc) is 2.84. The first-order valence-electron chi connectivity index (χ1n) is 11.7. The Morgan fingerprint density at radius 3 is 1.71 bits per heavy atom. The number of nitrogens with zero attached hydrogens (tertiary/aromatic N) is 2. The maximum Gasteiger partial charge on any atom is 0.0161 e. The van der Waals surface area contributed by atoms with E-state index in [1.807, 2.05) is 24.5 Å². The molecule has 173 valence electrons. The second-order valence-electron chi connectivity index (χ2n) is 9.16. The molecule has 0 atom stereocenters. The van der Waals surface area contributed by atoms with Crippen LogP contribution in [-0.4, -0.2) is 9.97 Å². The third-order valence-electron chi connectivity index (χ3n) is 7.00. The number of pyridine rings is 2. The zero-order valence-corrected chi connectivity index (χ0v) is 22.6. The zero-order valence-electron chi connectivity index (χ0n) is 20.2. The quantitative estimate of drug-likeness (QED) is 0.142. The Kier molecular flexibility index (Phi) is 6.00. The number of aryl methyl sites for hydroxylation is 4. The summed E-state index contributed by atoms with van der Waals surface area (Å²) in [6.45, 7) is 8.78. The largest absolute Gasteiger partial charge is 0.352 e. The summed E-state index contributed by atoms with van der Waals surface area (Å²) >= 11 is 0. The first kappa shape index (κ1) is 23.4. The van der Waals surface area contributed by atoms with E-state index in [0.717, 1.165) is 21.8 Å². The van der Waals surface area contributed by atoms with Crippen LogP contribution < -0.4 is 0 Å². The predicted molar refractivity (Wildman–Crippen MR) is 143 cm³/mol. The van der Waals surface area contributed by atoms with Crippen LogP contribution in [0.4, 0.5) is 0 Å². The van der Waals surface area contributed by atoms with Gasteiger partial charge in [0.25, 0.3) is 0 Å². The molecule has 0 N–H and O–H groups in total. The molecule has 0 unspecified atom stereocenters. The molecule has 6 aromatic rings. The van der Waals surface area contributed by atoms with Crippen LogP contribution >= 0.6 is 0 Å². The molecule has 0 fully saturated rings. The molecule has 0 saturated heterocycles. The van der Waals surface area contributed by atoms with Gasteiger partial charge in [0, 0.05) is 26.3 Å². The first-order valence-corrected chi connectivity index (χ1v) is 11.7. The summed E-state index contributed by atoms with van der Waals surface area (Å²) in [4.78, 5) is 9.72. The minimum atomic E-state index is 0. The van der Waals surface area contributed by atoms with Crippen molar-refractivity contribution < 1.29 is 20.1 Å². The van der Waals surface area contributed by atoms with Gasteiger partial charge in [-0.25, -0.2) is 0 Å². The maximum atomic E-state index is 4.91. The summed E-state index contributed by atoms with van der Waals surface area (Å²) in [5.41, 5.74) is 12.0. The molecule has 0 bridgehead atoms. The summed E-state index contributed by atoms with van der Waals surface area (Å²) in [5, 5.41) is 4.49. The second-order valence-corrected chi connectivity index (χ2v) is 9.16. The molecule has 0 spiro atoms. The van der Waals surface area contributed by atoms with Crippen molar-refractivity contribution in [1.82, 2.24) is 9.97 Å². The second kappa shape index (κ2) is 9.00. The third-order valence-corrected chi connectivity index (χ3v) is 7.00. The van der Waals surface area contributed by atoms with E-state index in [2.05, 4.69) is 88.4 Å². The number of fused-ring (bicyclic) bond motifs is 6. The minimum absolute atomic E-state index is 0. The van der Waals surface area contributed by atoms with Crippen LogP contribution in [0.3, 0.4) is 0 Å². The summed E-state index contributed by atoms with van der Waals surface area (Å²) < 4.78 is 0. The summed E-state index contributed by atoms with van der Waals surface area (Å²) in [5.74, 6) is 0. The van der Waals surface area contributed by atoms with Crippen molar-refractivity contribution >= 4 is 32.6 Å². The SMILES string of the molecule is Cc1cccc(C)c1-c1ccc(-c2c(C)cccc2C)c2c3ncc[c-]c3c3ncccc3c12.[Ir]. The smallest absolute Gasteiger partial charge is 0.0161 e. The van der Waals surface area contributed by atoms with Gasteiger partial charge in [0.05, 0.1) is 0 Å². The summed E-state index contributed by atoms with van der Waals surface area (Å²) in [6.07, 6.45) is 3.71. The zero-order chi connectivity index (χ0) is 23.4. The van der Waals surface area contributed by atoms with Gasteiger partial charge < -0.3 is 9.97 Å². The van der Waals surface area contributed by atoms with Crippen LogP contribution in [0.2, 0.25) is 0 Å². The number of hydrogen-bond donors (Lipinski definition) is 0. The van der Waals surface area contributed by atoms with Crippen LogP contribution in [0.1, 0.15) is 22.3 Å². The Morgan fingerprint density at radius 1 is 0.571 bits per heavy atom. The van der Waals surface area contributed by atoms with E-state index >= 15 is 0 Å². The van der Waals surface area contributed by atoms with Gasteiger partial charge in [-0.15, -0.1) is 12.1 Å². The average molecular weight is 630 g/mol. The van der Waals surface area contributed by atoms with E-state index in [-0.39, 0.29) is 20.1 Å². The van der Waals surface area contributed by atoms with Gasteiger partial charge >= 0.3 is 0 Å². The van der Waals surface area contributed by atoms with Gasteiger partial charge in [-0.2, -0.15) is 0 Å². The standard InChI is InChI=1S/C32H25N2.Ir/c1-19-9-5-10-20(2)27(19)23-15-16-24(28-21(3)11-6-12-22(28)4)30-29(23)25-13-7-17-33-31(25)26-14-8-18-34-32(26)30;/h5-13,15-18H,1-4H3;/q-1;. The number of rotatable bonds is 2. The Hall–Kier alpha value is -3.39. The van der Waals surface area contributed by atoms with Crippen molar-refractivity contribution in [3.05, 3.63) is 107 Å². The van der Waals surface area contributed by atoms with E-state index in [0.29, 0.717) is 0 Å². The topological polar surface area (TPSA) is 25.8 Å². The summed E-state index contributed by atoms with van der Waals surface area (Å²) in [7, 11) is 0. The van der Waals surface area contributed by atoms with E-state index < -0.39 is 0 Å². The molecule has 6 rings (SSSR count). The van der Waals surface area contributed by atoms with E-state index in [1.54, 1.807) is 0 Å². The van der Waals surface area contributed by atoms with Crippen LogP contribution in [0, 0.1) is 33.8 Å². The number of benzene rings is 4. The molecule has 0 aliphatic rings. The molecule has 0 aliphatic carbocycles. The summed E-state index contributed by atoms with van der Waals surface area (Å²) in [6, 6.07) is 27.2. The fourth-order valence-electron chi connectivity index (χ4n) is 5.57. The Balaban J connectivity index is 0.00000253. The van der Waals surface area contributed by atoms with Crippen LogP contribution in [0.5, 0.6) is 0 Å². The third kappa shape index (κ3) is 3.58. The van der Waals surface area contributed by atoms with Crippen molar-refractivity contribution in [2.45, 2.75) is 27.7 Å².